The Morgan fingerprint density at radius 3 is 1.50 bits per heavy atom. The third-order valence-electron chi connectivity index (χ3n) is 11.6. The lowest BCUT2D eigenvalue weighted by Crippen LogP contribution is -2.00. The molecule has 12 rings (SSSR count). The lowest BCUT2D eigenvalue weighted by atomic mass is 9.98. The van der Waals surface area contributed by atoms with Crippen molar-refractivity contribution in [3.63, 3.8) is 0 Å². The molecule has 0 bridgehead atoms. The monoisotopic (exact) mass is 783 g/mol. The van der Waals surface area contributed by atoms with E-state index in [9.17, 15) is 0 Å². The SMILES string of the molecule is c1ccc(-c2ccc(-c3nc(-c4ccc(-c5ccccc5)cc4)nc(-c4cc5c6ccc(-c7cccc8c7sc7ccccc78)cc6oc5c5ccccc45)n3)cc2)cc1. The number of benzene rings is 9. The van der Waals surface area contributed by atoms with Crippen LogP contribution in [0.15, 0.2) is 205 Å². The Kier molecular flexibility index (Phi) is 8.00. The minimum atomic E-state index is 0.606. The van der Waals surface area contributed by atoms with Crippen molar-refractivity contribution in [1.82, 2.24) is 15.0 Å². The van der Waals surface area contributed by atoms with Gasteiger partial charge in [0, 0.05) is 53.0 Å². The Morgan fingerprint density at radius 2 is 0.833 bits per heavy atom. The van der Waals surface area contributed by atoms with Crippen molar-refractivity contribution < 1.29 is 4.42 Å². The topological polar surface area (TPSA) is 51.8 Å². The summed E-state index contributed by atoms with van der Waals surface area (Å²) in [6, 6.07) is 70.3. The number of hydrogen-bond donors (Lipinski definition) is 0. The van der Waals surface area contributed by atoms with E-state index in [0.717, 1.165) is 77.2 Å². The van der Waals surface area contributed by atoms with Crippen LogP contribution >= 0.6 is 11.3 Å². The summed E-state index contributed by atoms with van der Waals surface area (Å²) in [6.45, 7) is 0. The molecule has 0 unspecified atom stereocenters. The molecule has 0 aliphatic carbocycles. The van der Waals surface area contributed by atoms with Gasteiger partial charge in [-0.05, 0) is 63.0 Å². The molecule has 9 aromatic carbocycles. The van der Waals surface area contributed by atoms with E-state index in [1.807, 2.05) is 23.5 Å². The van der Waals surface area contributed by atoms with Crippen LogP contribution in [0.3, 0.4) is 0 Å². The third-order valence-corrected chi connectivity index (χ3v) is 12.8. The number of nitrogens with zero attached hydrogens (tertiary/aromatic N) is 3. The summed E-state index contributed by atoms with van der Waals surface area (Å²) >= 11 is 1.84. The molecule has 0 aliphatic rings. The molecule has 280 valence electrons. The summed E-state index contributed by atoms with van der Waals surface area (Å²) in [7, 11) is 0. The molecular formula is C55H33N3OS. The first-order valence-corrected chi connectivity index (χ1v) is 20.9. The standard InChI is InChI=1S/C55H33N3OS/c1-3-12-34(13-4-1)36-22-26-38(27-23-36)53-56-54(39-28-24-37(25-29-39)35-14-5-2-6-15-35)58-55(57-53)48-33-47-43-31-30-40(32-49(43)59-51(47)45-18-8-7-16-42(45)48)41-19-11-20-46-44-17-9-10-21-50(44)60-52(41)46/h1-33H. The van der Waals surface area contributed by atoms with E-state index in [2.05, 4.69) is 188 Å². The van der Waals surface area contributed by atoms with Crippen molar-refractivity contribution in [2.45, 2.75) is 0 Å². The van der Waals surface area contributed by atoms with Gasteiger partial charge in [-0.25, -0.2) is 15.0 Å². The molecule has 0 spiro atoms. The number of fused-ring (bicyclic) bond motifs is 8. The molecule has 0 saturated heterocycles. The minimum absolute atomic E-state index is 0.606. The molecule has 0 saturated carbocycles. The maximum absolute atomic E-state index is 6.82. The second-order valence-corrected chi connectivity index (χ2v) is 16.2. The third kappa shape index (κ3) is 5.78. The van der Waals surface area contributed by atoms with Gasteiger partial charge in [0.25, 0.3) is 0 Å². The van der Waals surface area contributed by atoms with E-state index in [1.54, 1.807) is 0 Å². The number of thiophene rings is 1. The molecule has 0 fully saturated rings. The highest BCUT2D eigenvalue weighted by Crippen LogP contribution is 2.43. The smallest absolute Gasteiger partial charge is 0.164 e. The van der Waals surface area contributed by atoms with Crippen LogP contribution in [-0.4, -0.2) is 15.0 Å². The van der Waals surface area contributed by atoms with E-state index < -0.39 is 0 Å². The summed E-state index contributed by atoms with van der Waals surface area (Å²) in [5.74, 6) is 1.83. The van der Waals surface area contributed by atoms with Gasteiger partial charge < -0.3 is 4.42 Å². The number of aromatic nitrogens is 3. The Labute approximate surface area is 349 Å². The average Bonchev–Trinajstić information content (AvgIpc) is 3.90. The van der Waals surface area contributed by atoms with Crippen LogP contribution in [-0.2, 0) is 0 Å². The molecule has 0 aliphatic heterocycles. The van der Waals surface area contributed by atoms with Crippen LogP contribution in [0.25, 0.3) is 120 Å². The normalized spacial score (nSPS) is 11.7. The van der Waals surface area contributed by atoms with Crippen LogP contribution in [0.1, 0.15) is 0 Å². The highest BCUT2D eigenvalue weighted by Gasteiger charge is 2.20. The van der Waals surface area contributed by atoms with E-state index in [0.29, 0.717) is 17.5 Å². The Bertz CT molecular complexity index is 3470. The van der Waals surface area contributed by atoms with Crippen molar-refractivity contribution in [3.05, 3.63) is 200 Å². The van der Waals surface area contributed by atoms with Crippen molar-refractivity contribution >= 4 is 64.2 Å². The second-order valence-electron chi connectivity index (χ2n) is 15.1. The van der Waals surface area contributed by atoms with Gasteiger partial charge in [0.05, 0.1) is 0 Å². The van der Waals surface area contributed by atoms with Gasteiger partial charge >= 0.3 is 0 Å². The van der Waals surface area contributed by atoms with Gasteiger partial charge in [0.1, 0.15) is 11.2 Å². The highest BCUT2D eigenvalue weighted by molar-refractivity contribution is 7.26. The molecule has 3 aromatic heterocycles. The van der Waals surface area contributed by atoms with E-state index in [1.165, 1.54) is 25.7 Å². The predicted molar refractivity (Wildman–Crippen MR) is 250 cm³/mol. The molecule has 0 amide bonds. The lowest BCUT2D eigenvalue weighted by molar-refractivity contribution is 0.673. The van der Waals surface area contributed by atoms with E-state index >= 15 is 0 Å². The highest BCUT2D eigenvalue weighted by atomic mass is 32.1. The molecule has 5 heteroatoms. The summed E-state index contributed by atoms with van der Waals surface area (Å²) < 4.78 is 9.40. The fourth-order valence-electron chi connectivity index (χ4n) is 8.56. The predicted octanol–water partition coefficient (Wildman–Crippen LogP) is 15.3. The Morgan fingerprint density at radius 1 is 0.317 bits per heavy atom. The van der Waals surface area contributed by atoms with Crippen LogP contribution in [0.5, 0.6) is 0 Å². The first-order chi connectivity index (χ1) is 29.7. The quantitative estimate of drug-likeness (QED) is 0.169. The molecule has 12 aromatic rings. The van der Waals surface area contributed by atoms with Gasteiger partial charge in [-0.2, -0.15) is 0 Å². The van der Waals surface area contributed by atoms with E-state index in [4.69, 9.17) is 19.4 Å². The van der Waals surface area contributed by atoms with Crippen molar-refractivity contribution in [2.24, 2.45) is 0 Å². The Hall–Kier alpha value is -7.73. The number of rotatable bonds is 6. The maximum Gasteiger partial charge on any atom is 0.164 e. The zero-order valence-corrected chi connectivity index (χ0v) is 33.0. The summed E-state index contributed by atoms with van der Waals surface area (Å²) in [5, 5.41) is 6.67. The van der Waals surface area contributed by atoms with Crippen LogP contribution in [0, 0.1) is 0 Å². The molecular weight excluding hydrogens is 751 g/mol. The fourth-order valence-corrected chi connectivity index (χ4v) is 9.80. The minimum Gasteiger partial charge on any atom is -0.455 e. The molecule has 0 N–H and O–H groups in total. The molecule has 0 atom stereocenters. The zero-order valence-electron chi connectivity index (χ0n) is 32.2. The maximum atomic E-state index is 6.82. The number of hydrogen-bond acceptors (Lipinski definition) is 5. The summed E-state index contributed by atoms with van der Waals surface area (Å²) in [5.41, 5.74) is 11.4. The largest absolute Gasteiger partial charge is 0.455 e. The lowest BCUT2D eigenvalue weighted by Gasteiger charge is -2.12. The Balaban J connectivity index is 1.03. The van der Waals surface area contributed by atoms with Crippen LogP contribution in [0.2, 0.25) is 0 Å². The average molecular weight is 784 g/mol. The van der Waals surface area contributed by atoms with Gasteiger partial charge in [0.2, 0.25) is 0 Å². The van der Waals surface area contributed by atoms with E-state index in [-0.39, 0.29) is 0 Å². The first-order valence-electron chi connectivity index (χ1n) is 20.1. The molecule has 60 heavy (non-hydrogen) atoms. The summed E-state index contributed by atoms with van der Waals surface area (Å²) in [4.78, 5) is 15.6. The van der Waals surface area contributed by atoms with Crippen molar-refractivity contribution in [1.29, 1.82) is 0 Å². The number of furan rings is 1. The fraction of sp³-hybridized carbons (Fsp3) is 0. The molecule has 0 radical (unpaired) electrons. The first kappa shape index (κ1) is 34.3. The van der Waals surface area contributed by atoms with Gasteiger partial charge in [-0.15, -0.1) is 11.3 Å². The van der Waals surface area contributed by atoms with Gasteiger partial charge in [-0.1, -0.05) is 176 Å². The molecule has 4 nitrogen and oxygen atoms in total. The summed E-state index contributed by atoms with van der Waals surface area (Å²) in [6.07, 6.45) is 0. The zero-order chi connectivity index (χ0) is 39.6. The van der Waals surface area contributed by atoms with Crippen LogP contribution in [0.4, 0.5) is 0 Å². The molecule has 3 heterocycles. The van der Waals surface area contributed by atoms with Gasteiger partial charge in [-0.3, -0.25) is 0 Å². The van der Waals surface area contributed by atoms with Gasteiger partial charge in [0.15, 0.2) is 17.5 Å². The van der Waals surface area contributed by atoms with Crippen molar-refractivity contribution in [3.8, 4) is 67.5 Å². The van der Waals surface area contributed by atoms with Crippen LogP contribution < -0.4 is 0 Å². The van der Waals surface area contributed by atoms with Crippen molar-refractivity contribution in [2.75, 3.05) is 0 Å². The second kappa shape index (κ2) is 14.0.